The highest BCUT2D eigenvalue weighted by atomic mass is 19.1. The number of rotatable bonds is 4. The van der Waals surface area contributed by atoms with Crippen molar-refractivity contribution in [1.82, 2.24) is 9.80 Å². The molecule has 0 unspecified atom stereocenters. The molecule has 2 aromatic rings. The van der Waals surface area contributed by atoms with Crippen LogP contribution in [-0.4, -0.2) is 40.9 Å². The number of likely N-dealkylation sites (tertiary alicyclic amines) is 1. The number of fused-ring (bicyclic) bond motifs is 4. The Morgan fingerprint density at radius 1 is 1.10 bits per heavy atom. The summed E-state index contributed by atoms with van der Waals surface area (Å²) in [5.41, 5.74) is 2.78. The summed E-state index contributed by atoms with van der Waals surface area (Å²) in [6.45, 7) is 2.65. The number of amides is 1. The molecule has 0 aliphatic carbocycles. The number of benzene rings is 2. The predicted octanol–water partition coefficient (Wildman–Crippen LogP) is 4.14. The van der Waals surface area contributed by atoms with Gasteiger partial charge in [-0.05, 0) is 66.8 Å². The van der Waals surface area contributed by atoms with Crippen molar-refractivity contribution in [3.63, 3.8) is 0 Å². The smallest absolute Gasteiger partial charge is 0.223 e. The largest absolute Gasteiger partial charge is 0.336 e. The maximum atomic E-state index is 13.8. The Morgan fingerprint density at radius 3 is 2.77 bits per heavy atom. The SMILES string of the molecule is N#Cc1ccccc1CN1C[C@H]2C[C@@H](C1)[C@H](Cc1cccc(F)c1)N1C(=O)CCC[C@@H]21. The van der Waals surface area contributed by atoms with Crippen molar-refractivity contribution < 1.29 is 9.18 Å². The predicted molar refractivity (Wildman–Crippen MR) is 116 cm³/mol. The van der Waals surface area contributed by atoms with Crippen LogP contribution in [0.1, 0.15) is 42.4 Å². The summed E-state index contributed by atoms with van der Waals surface area (Å²) in [6, 6.07) is 17.4. The van der Waals surface area contributed by atoms with Gasteiger partial charge in [0.05, 0.1) is 11.6 Å². The highest BCUT2D eigenvalue weighted by Gasteiger charge is 2.49. The van der Waals surface area contributed by atoms with Gasteiger partial charge in [0, 0.05) is 38.1 Å². The molecule has 3 heterocycles. The summed E-state index contributed by atoms with van der Waals surface area (Å²) < 4.78 is 13.8. The van der Waals surface area contributed by atoms with Gasteiger partial charge in [-0.15, -0.1) is 0 Å². The highest BCUT2D eigenvalue weighted by molar-refractivity contribution is 5.78. The van der Waals surface area contributed by atoms with Crippen molar-refractivity contribution in [3.8, 4) is 6.07 Å². The molecule has 5 rings (SSSR count). The third-order valence-corrected chi connectivity index (χ3v) is 7.44. The van der Waals surface area contributed by atoms with Crippen LogP contribution in [0.15, 0.2) is 48.5 Å². The summed E-state index contributed by atoms with van der Waals surface area (Å²) in [5, 5.41) is 9.48. The molecule has 3 saturated heterocycles. The Kier molecular flexibility index (Phi) is 5.50. The molecule has 31 heavy (non-hydrogen) atoms. The summed E-state index contributed by atoms with van der Waals surface area (Å²) in [6.07, 6.45) is 4.50. The van der Waals surface area contributed by atoms with E-state index in [2.05, 4.69) is 15.9 Å². The van der Waals surface area contributed by atoms with Crippen LogP contribution in [0, 0.1) is 29.0 Å². The summed E-state index contributed by atoms with van der Waals surface area (Å²) >= 11 is 0. The number of nitriles is 1. The Labute approximate surface area is 183 Å². The van der Waals surface area contributed by atoms with Gasteiger partial charge < -0.3 is 4.90 Å². The molecule has 0 saturated carbocycles. The first-order valence-electron chi connectivity index (χ1n) is 11.4. The van der Waals surface area contributed by atoms with Crippen LogP contribution in [-0.2, 0) is 17.8 Å². The molecular formula is C26H28FN3O. The monoisotopic (exact) mass is 417 g/mol. The van der Waals surface area contributed by atoms with Crippen LogP contribution in [0.25, 0.3) is 0 Å². The number of nitrogens with zero attached hydrogens (tertiary/aromatic N) is 3. The maximum Gasteiger partial charge on any atom is 0.223 e. The molecule has 2 bridgehead atoms. The molecule has 4 atom stereocenters. The van der Waals surface area contributed by atoms with Gasteiger partial charge in [-0.1, -0.05) is 30.3 Å². The van der Waals surface area contributed by atoms with Crippen molar-refractivity contribution in [2.24, 2.45) is 11.8 Å². The van der Waals surface area contributed by atoms with E-state index in [1.165, 1.54) is 6.07 Å². The van der Waals surface area contributed by atoms with E-state index in [0.29, 0.717) is 24.7 Å². The number of piperidine rings is 3. The summed E-state index contributed by atoms with van der Waals surface area (Å²) in [7, 11) is 0. The normalized spacial score (nSPS) is 28.1. The Hall–Kier alpha value is -2.71. The van der Waals surface area contributed by atoms with Gasteiger partial charge >= 0.3 is 0 Å². The van der Waals surface area contributed by atoms with Gasteiger partial charge in [0.25, 0.3) is 0 Å². The standard InChI is InChI=1S/C26H28FN3O/c27-23-8-3-5-18(11-23)12-25-22-13-21(24-9-4-10-26(31)30(24)25)16-29(17-22)15-20-7-2-1-6-19(20)14-28/h1-3,5-8,11,21-22,24-25H,4,9-10,12-13,15-17H2/t21-,22+,24+,25+/m1/s1. The fraction of sp³-hybridized carbons (Fsp3) is 0.462. The van der Waals surface area contributed by atoms with E-state index in [1.807, 2.05) is 30.3 Å². The first-order valence-corrected chi connectivity index (χ1v) is 11.4. The first-order chi connectivity index (χ1) is 15.1. The molecule has 0 aromatic heterocycles. The summed E-state index contributed by atoms with van der Waals surface area (Å²) in [5.74, 6) is 0.900. The minimum atomic E-state index is -0.217. The molecule has 2 aromatic carbocycles. The van der Waals surface area contributed by atoms with Gasteiger partial charge in [-0.2, -0.15) is 5.26 Å². The molecule has 5 heteroatoms. The van der Waals surface area contributed by atoms with Gasteiger partial charge in [0.15, 0.2) is 0 Å². The van der Waals surface area contributed by atoms with Crippen LogP contribution < -0.4 is 0 Å². The molecule has 1 amide bonds. The van der Waals surface area contributed by atoms with E-state index in [1.54, 1.807) is 12.1 Å². The topological polar surface area (TPSA) is 47.3 Å². The molecule has 3 aliphatic heterocycles. The average molecular weight is 418 g/mol. The lowest BCUT2D eigenvalue weighted by Crippen LogP contribution is -2.65. The number of halogens is 1. The van der Waals surface area contributed by atoms with Crippen molar-refractivity contribution >= 4 is 5.91 Å². The average Bonchev–Trinajstić information content (AvgIpc) is 2.77. The fourth-order valence-electron chi connectivity index (χ4n) is 6.18. The molecular weight excluding hydrogens is 389 g/mol. The number of carbonyl (C=O) groups excluding carboxylic acids is 1. The lowest BCUT2D eigenvalue weighted by atomic mass is 9.70. The zero-order chi connectivity index (χ0) is 21.4. The van der Waals surface area contributed by atoms with E-state index in [9.17, 15) is 14.4 Å². The van der Waals surface area contributed by atoms with Crippen LogP contribution in [0.5, 0.6) is 0 Å². The first kappa shape index (κ1) is 20.2. The van der Waals surface area contributed by atoms with E-state index >= 15 is 0 Å². The van der Waals surface area contributed by atoms with Gasteiger partial charge in [-0.25, -0.2) is 4.39 Å². The van der Waals surface area contributed by atoms with Crippen molar-refractivity contribution in [2.45, 2.75) is 50.7 Å². The lowest BCUT2D eigenvalue weighted by molar-refractivity contribution is -0.152. The fourth-order valence-corrected chi connectivity index (χ4v) is 6.18. The van der Waals surface area contributed by atoms with Gasteiger partial charge in [0.2, 0.25) is 5.91 Å². The van der Waals surface area contributed by atoms with Crippen molar-refractivity contribution in [2.75, 3.05) is 13.1 Å². The molecule has 160 valence electrons. The van der Waals surface area contributed by atoms with Gasteiger partial charge in [-0.3, -0.25) is 9.69 Å². The number of carbonyl (C=O) groups is 1. The quantitative estimate of drug-likeness (QED) is 0.751. The molecule has 4 nitrogen and oxygen atoms in total. The van der Waals surface area contributed by atoms with E-state index in [0.717, 1.165) is 55.6 Å². The maximum absolute atomic E-state index is 13.8. The zero-order valence-corrected chi connectivity index (χ0v) is 17.7. The molecule has 3 aliphatic rings. The Bertz CT molecular complexity index is 1020. The van der Waals surface area contributed by atoms with E-state index in [4.69, 9.17) is 0 Å². The van der Waals surface area contributed by atoms with E-state index < -0.39 is 0 Å². The molecule has 3 fully saturated rings. The number of hydrogen-bond donors (Lipinski definition) is 0. The molecule has 0 spiro atoms. The van der Waals surface area contributed by atoms with Crippen molar-refractivity contribution in [1.29, 1.82) is 5.26 Å². The van der Waals surface area contributed by atoms with Gasteiger partial charge in [0.1, 0.15) is 5.82 Å². The summed E-state index contributed by atoms with van der Waals surface area (Å²) in [4.78, 5) is 17.6. The second-order valence-electron chi connectivity index (χ2n) is 9.38. The number of hydrogen-bond acceptors (Lipinski definition) is 3. The Balaban J connectivity index is 1.42. The third-order valence-electron chi connectivity index (χ3n) is 7.44. The molecule has 0 radical (unpaired) electrons. The lowest BCUT2D eigenvalue weighted by Gasteiger charge is -2.57. The Morgan fingerprint density at radius 2 is 1.94 bits per heavy atom. The van der Waals surface area contributed by atoms with Crippen LogP contribution in [0.3, 0.4) is 0 Å². The van der Waals surface area contributed by atoms with Crippen molar-refractivity contribution in [3.05, 3.63) is 71.0 Å². The third kappa shape index (κ3) is 3.97. The van der Waals surface area contributed by atoms with Crippen LogP contribution in [0.2, 0.25) is 0 Å². The van der Waals surface area contributed by atoms with Crippen LogP contribution >= 0.6 is 0 Å². The molecule has 0 N–H and O–H groups in total. The van der Waals surface area contributed by atoms with E-state index in [-0.39, 0.29) is 23.8 Å². The zero-order valence-electron chi connectivity index (χ0n) is 17.7. The van der Waals surface area contributed by atoms with Crippen LogP contribution in [0.4, 0.5) is 4.39 Å². The second kappa shape index (κ2) is 8.43. The minimum absolute atomic E-state index is 0.116. The highest BCUT2D eigenvalue weighted by Crippen LogP contribution is 2.43. The second-order valence-corrected chi connectivity index (χ2v) is 9.38. The minimum Gasteiger partial charge on any atom is -0.336 e.